The maximum atomic E-state index is 12.0. The summed E-state index contributed by atoms with van der Waals surface area (Å²) in [5.74, 6) is -1.29. The highest BCUT2D eigenvalue weighted by Gasteiger charge is 2.65. The molecule has 108 valence electrons. The molecular formula is C13H20ClNO4. The molecule has 1 aliphatic carbocycles. The number of ketones is 1. The van der Waals surface area contributed by atoms with E-state index in [0.29, 0.717) is 18.8 Å². The van der Waals surface area contributed by atoms with Crippen LogP contribution in [0.15, 0.2) is 10.7 Å². The quantitative estimate of drug-likeness (QED) is 0.773. The van der Waals surface area contributed by atoms with Gasteiger partial charge in [-0.15, -0.1) is 0 Å². The molecule has 0 amide bonds. The first-order chi connectivity index (χ1) is 8.69. The molecule has 0 aromatic heterocycles. The van der Waals surface area contributed by atoms with Crippen molar-refractivity contribution in [2.45, 2.75) is 33.3 Å². The van der Waals surface area contributed by atoms with E-state index < -0.39 is 22.8 Å². The predicted molar refractivity (Wildman–Crippen MR) is 71.6 cm³/mol. The number of carbonyl (C=O) groups is 2. The Morgan fingerprint density at radius 2 is 1.89 bits per heavy atom. The molecule has 1 atom stereocenters. The van der Waals surface area contributed by atoms with Crippen molar-refractivity contribution < 1.29 is 19.4 Å². The zero-order chi connectivity index (χ0) is 15.0. The minimum absolute atomic E-state index is 0.0109. The third-order valence-electron chi connectivity index (χ3n) is 3.76. The van der Waals surface area contributed by atoms with Crippen molar-refractivity contribution in [1.82, 2.24) is 4.90 Å². The van der Waals surface area contributed by atoms with Gasteiger partial charge in [-0.3, -0.25) is 9.59 Å². The minimum atomic E-state index is -1.93. The summed E-state index contributed by atoms with van der Waals surface area (Å²) in [4.78, 5) is 25.6. The highest BCUT2D eigenvalue weighted by molar-refractivity contribution is 6.48. The first-order valence-electron chi connectivity index (χ1n) is 6.20. The molecule has 0 fully saturated rings. The molecule has 19 heavy (non-hydrogen) atoms. The van der Waals surface area contributed by atoms with Crippen molar-refractivity contribution in [3.05, 3.63) is 10.7 Å². The fourth-order valence-electron chi connectivity index (χ4n) is 2.36. The van der Waals surface area contributed by atoms with E-state index in [1.807, 2.05) is 13.8 Å². The predicted octanol–water partition coefficient (Wildman–Crippen LogP) is 1.29. The molecule has 1 unspecified atom stereocenters. The Labute approximate surface area is 118 Å². The van der Waals surface area contributed by atoms with Gasteiger partial charge in [0.1, 0.15) is 10.4 Å². The van der Waals surface area contributed by atoms with Crippen LogP contribution in [0.5, 0.6) is 0 Å². The Bertz CT molecular complexity index is 440. The van der Waals surface area contributed by atoms with Gasteiger partial charge in [-0.05, 0) is 27.7 Å². The lowest BCUT2D eigenvalue weighted by Gasteiger charge is -2.49. The number of Topliss-reactive ketones (excluding diaryl/α,β-unsaturated/α-hetero) is 1. The molecule has 5 nitrogen and oxygen atoms in total. The van der Waals surface area contributed by atoms with Crippen LogP contribution in [0, 0.1) is 5.41 Å². The number of halogens is 1. The molecule has 0 heterocycles. The number of carbonyl (C=O) groups excluding carboxylic acids is 2. The number of methoxy groups -OCH3 is 1. The molecule has 0 saturated carbocycles. The monoisotopic (exact) mass is 289 g/mol. The van der Waals surface area contributed by atoms with Gasteiger partial charge in [0.25, 0.3) is 0 Å². The summed E-state index contributed by atoms with van der Waals surface area (Å²) in [7, 11) is 1.22. The molecular weight excluding hydrogens is 270 g/mol. The molecule has 0 aliphatic heterocycles. The molecule has 6 heteroatoms. The Morgan fingerprint density at radius 1 is 1.42 bits per heavy atom. The van der Waals surface area contributed by atoms with Crippen LogP contribution in [-0.2, 0) is 14.3 Å². The van der Waals surface area contributed by atoms with Crippen LogP contribution in [0.2, 0.25) is 0 Å². The van der Waals surface area contributed by atoms with Gasteiger partial charge in [-0.1, -0.05) is 11.6 Å². The SMILES string of the molecule is CCN(CC)C1=C(Cl)C(=O)C1(O)C(C)(C)C(=O)OC. The van der Waals surface area contributed by atoms with E-state index in [1.54, 1.807) is 4.90 Å². The van der Waals surface area contributed by atoms with Gasteiger partial charge in [0, 0.05) is 13.1 Å². The highest BCUT2D eigenvalue weighted by atomic mass is 35.5. The van der Waals surface area contributed by atoms with Crippen molar-refractivity contribution in [3.63, 3.8) is 0 Å². The number of nitrogens with zero attached hydrogens (tertiary/aromatic N) is 1. The molecule has 1 rings (SSSR count). The van der Waals surface area contributed by atoms with E-state index in [4.69, 9.17) is 11.6 Å². The molecule has 1 aliphatic rings. The van der Waals surface area contributed by atoms with Gasteiger partial charge in [0.15, 0.2) is 5.60 Å². The summed E-state index contributed by atoms with van der Waals surface area (Å²) in [6.45, 7) is 7.88. The van der Waals surface area contributed by atoms with Crippen molar-refractivity contribution in [3.8, 4) is 0 Å². The van der Waals surface area contributed by atoms with Crippen molar-refractivity contribution in [2.24, 2.45) is 5.41 Å². The molecule has 0 bridgehead atoms. The van der Waals surface area contributed by atoms with Crippen LogP contribution < -0.4 is 0 Å². The first kappa shape index (κ1) is 16.0. The smallest absolute Gasteiger partial charge is 0.315 e. The van der Waals surface area contributed by atoms with E-state index in [9.17, 15) is 14.7 Å². The Kier molecular flexibility index (Phi) is 4.32. The molecule has 0 saturated heterocycles. The van der Waals surface area contributed by atoms with E-state index >= 15 is 0 Å². The van der Waals surface area contributed by atoms with E-state index in [0.717, 1.165) is 0 Å². The van der Waals surface area contributed by atoms with Gasteiger partial charge in [-0.25, -0.2) is 0 Å². The third kappa shape index (κ3) is 1.96. The average molecular weight is 290 g/mol. The Balaban J connectivity index is 3.33. The number of likely N-dealkylation sites (N-methyl/N-ethyl adjacent to an activating group) is 1. The van der Waals surface area contributed by atoms with Crippen LogP contribution in [0.1, 0.15) is 27.7 Å². The summed E-state index contributed by atoms with van der Waals surface area (Å²) in [5, 5.41) is 10.7. The number of esters is 1. The van der Waals surface area contributed by atoms with Crippen LogP contribution >= 0.6 is 11.6 Å². The van der Waals surface area contributed by atoms with E-state index in [1.165, 1.54) is 21.0 Å². The van der Waals surface area contributed by atoms with E-state index in [2.05, 4.69) is 4.74 Å². The largest absolute Gasteiger partial charge is 0.469 e. The maximum absolute atomic E-state index is 12.0. The second-order valence-corrected chi connectivity index (χ2v) is 5.37. The number of hydrogen-bond donors (Lipinski definition) is 1. The Morgan fingerprint density at radius 3 is 2.26 bits per heavy atom. The summed E-state index contributed by atoms with van der Waals surface area (Å²) < 4.78 is 4.68. The van der Waals surface area contributed by atoms with Gasteiger partial charge >= 0.3 is 5.97 Å². The number of hydrogen-bond acceptors (Lipinski definition) is 5. The van der Waals surface area contributed by atoms with Crippen LogP contribution in [0.4, 0.5) is 0 Å². The van der Waals surface area contributed by atoms with Crippen molar-refractivity contribution in [1.29, 1.82) is 0 Å². The summed E-state index contributed by atoms with van der Waals surface area (Å²) in [6, 6.07) is 0. The number of aliphatic hydroxyl groups is 1. The van der Waals surface area contributed by atoms with Crippen LogP contribution in [0.25, 0.3) is 0 Å². The molecule has 0 aromatic carbocycles. The minimum Gasteiger partial charge on any atom is -0.469 e. The molecule has 0 radical (unpaired) electrons. The number of ether oxygens (including phenoxy) is 1. The first-order valence-corrected chi connectivity index (χ1v) is 6.58. The Hall–Kier alpha value is -1.07. The lowest BCUT2D eigenvalue weighted by molar-refractivity contribution is -0.174. The van der Waals surface area contributed by atoms with Gasteiger partial charge in [0.05, 0.1) is 12.8 Å². The zero-order valence-electron chi connectivity index (χ0n) is 11.9. The summed E-state index contributed by atoms with van der Waals surface area (Å²) in [6.07, 6.45) is 0. The van der Waals surface area contributed by atoms with Crippen LogP contribution in [0.3, 0.4) is 0 Å². The topological polar surface area (TPSA) is 66.8 Å². The van der Waals surface area contributed by atoms with Crippen LogP contribution in [-0.4, -0.2) is 47.6 Å². The van der Waals surface area contributed by atoms with Crippen molar-refractivity contribution >= 4 is 23.4 Å². The fourth-order valence-corrected chi connectivity index (χ4v) is 2.75. The lowest BCUT2D eigenvalue weighted by Crippen LogP contribution is -2.65. The van der Waals surface area contributed by atoms with Gasteiger partial charge < -0.3 is 14.7 Å². The van der Waals surface area contributed by atoms with Crippen molar-refractivity contribution in [2.75, 3.05) is 20.2 Å². The van der Waals surface area contributed by atoms with Gasteiger partial charge in [-0.2, -0.15) is 0 Å². The number of rotatable bonds is 5. The van der Waals surface area contributed by atoms with E-state index in [-0.39, 0.29) is 5.03 Å². The fraction of sp³-hybridized carbons (Fsp3) is 0.692. The third-order valence-corrected chi connectivity index (χ3v) is 4.11. The van der Waals surface area contributed by atoms with Gasteiger partial charge in [0.2, 0.25) is 5.78 Å². The maximum Gasteiger partial charge on any atom is 0.315 e. The molecule has 0 aromatic rings. The summed E-state index contributed by atoms with van der Waals surface area (Å²) >= 11 is 5.93. The lowest BCUT2D eigenvalue weighted by atomic mass is 9.64. The standard InChI is InChI=1S/C13H20ClNO4/c1-6-15(7-2)9-8(14)10(16)13(9,18)12(3,4)11(17)19-5/h18H,6-7H2,1-5H3. The zero-order valence-corrected chi connectivity index (χ0v) is 12.7. The summed E-state index contributed by atoms with van der Waals surface area (Å²) in [5.41, 5.74) is -3.02. The molecule has 0 spiro atoms. The normalized spacial score (nSPS) is 23.2. The highest BCUT2D eigenvalue weighted by Crippen LogP contribution is 2.50. The second-order valence-electron chi connectivity index (χ2n) is 4.99. The average Bonchev–Trinajstić information content (AvgIpc) is 2.41. The second kappa shape index (κ2) is 5.13. The molecule has 1 N–H and O–H groups in total.